The third-order valence-electron chi connectivity index (χ3n) is 3.73. The Morgan fingerprint density at radius 3 is 2.50 bits per heavy atom. The van der Waals surface area contributed by atoms with Crippen molar-refractivity contribution in [3.63, 3.8) is 0 Å². The van der Waals surface area contributed by atoms with Crippen LogP contribution < -0.4 is 11.1 Å². The molecule has 3 N–H and O–H groups in total. The SMILES string of the molecule is CCCC[C@]1(c2ccc(F)cc2)NC(=O)N(CC(N)=O)C1=O. The van der Waals surface area contributed by atoms with Crippen LogP contribution in [0.1, 0.15) is 31.7 Å². The molecular weight excluding hydrogens is 289 g/mol. The maximum atomic E-state index is 13.1. The Kier molecular flexibility index (Phi) is 4.44. The molecule has 1 aliphatic heterocycles. The number of halogens is 1. The minimum absolute atomic E-state index is 0.370. The second-order valence-corrected chi connectivity index (χ2v) is 5.30. The van der Waals surface area contributed by atoms with E-state index in [9.17, 15) is 18.8 Å². The van der Waals surface area contributed by atoms with Crippen molar-refractivity contribution in [3.05, 3.63) is 35.6 Å². The van der Waals surface area contributed by atoms with Crippen LogP contribution in [0.25, 0.3) is 0 Å². The topological polar surface area (TPSA) is 92.5 Å². The highest BCUT2D eigenvalue weighted by Crippen LogP contribution is 2.34. The lowest BCUT2D eigenvalue weighted by atomic mass is 9.85. The summed E-state index contributed by atoms with van der Waals surface area (Å²) in [6.07, 6.45) is 1.88. The van der Waals surface area contributed by atoms with Crippen LogP contribution in [0, 0.1) is 5.82 Å². The van der Waals surface area contributed by atoms with Gasteiger partial charge in [0.05, 0.1) is 0 Å². The molecule has 0 spiro atoms. The largest absolute Gasteiger partial charge is 0.368 e. The number of carbonyl (C=O) groups is 3. The number of hydrogen-bond acceptors (Lipinski definition) is 3. The highest BCUT2D eigenvalue weighted by molar-refractivity contribution is 6.09. The molecule has 0 aromatic heterocycles. The Labute approximate surface area is 127 Å². The normalized spacial score (nSPS) is 21.1. The molecule has 0 saturated carbocycles. The summed E-state index contributed by atoms with van der Waals surface area (Å²) in [5, 5.41) is 2.65. The monoisotopic (exact) mass is 307 g/mol. The quantitative estimate of drug-likeness (QED) is 0.775. The van der Waals surface area contributed by atoms with Gasteiger partial charge >= 0.3 is 6.03 Å². The van der Waals surface area contributed by atoms with E-state index in [0.29, 0.717) is 18.4 Å². The summed E-state index contributed by atoms with van der Waals surface area (Å²) in [6.45, 7) is 1.49. The molecule has 1 atom stereocenters. The van der Waals surface area contributed by atoms with E-state index in [4.69, 9.17) is 5.73 Å². The first kappa shape index (κ1) is 15.9. The highest BCUT2D eigenvalue weighted by atomic mass is 19.1. The summed E-state index contributed by atoms with van der Waals surface area (Å²) in [4.78, 5) is 36.6. The molecule has 4 amide bonds. The zero-order valence-electron chi connectivity index (χ0n) is 12.3. The van der Waals surface area contributed by atoms with Crippen molar-refractivity contribution in [1.82, 2.24) is 10.2 Å². The molecule has 0 bridgehead atoms. The average Bonchev–Trinajstić information content (AvgIpc) is 2.71. The van der Waals surface area contributed by atoms with Crippen molar-refractivity contribution in [2.24, 2.45) is 5.73 Å². The van der Waals surface area contributed by atoms with Gasteiger partial charge in [-0.3, -0.25) is 14.5 Å². The van der Waals surface area contributed by atoms with Crippen LogP contribution in [0.4, 0.5) is 9.18 Å². The number of benzene rings is 1. The number of nitrogens with zero attached hydrogens (tertiary/aromatic N) is 1. The van der Waals surface area contributed by atoms with Crippen LogP contribution in [0.15, 0.2) is 24.3 Å². The number of primary amides is 1. The van der Waals surface area contributed by atoms with E-state index >= 15 is 0 Å². The van der Waals surface area contributed by atoms with Gasteiger partial charge in [-0.05, 0) is 24.1 Å². The first-order valence-electron chi connectivity index (χ1n) is 7.09. The first-order chi connectivity index (χ1) is 10.4. The van der Waals surface area contributed by atoms with Crippen LogP contribution in [-0.2, 0) is 15.1 Å². The molecule has 6 nitrogen and oxygen atoms in total. The zero-order valence-corrected chi connectivity index (χ0v) is 12.3. The Bertz CT molecular complexity index is 603. The third-order valence-corrected chi connectivity index (χ3v) is 3.73. The molecule has 0 aliphatic carbocycles. The lowest BCUT2D eigenvalue weighted by Crippen LogP contribution is -2.44. The Hall–Kier alpha value is -2.44. The molecule has 1 fully saturated rings. The van der Waals surface area contributed by atoms with Crippen molar-refractivity contribution < 1.29 is 18.8 Å². The zero-order chi connectivity index (χ0) is 16.3. The van der Waals surface area contributed by atoms with E-state index in [1.54, 1.807) is 0 Å². The van der Waals surface area contributed by atoms with Crippen molar-refractivity contribution in [1.29, 1.82) is 0 Å². The fraction of sp³-hybridized carbons (Fsp3) is 0.400. The van der Waals surface area contributed by atoms with Gasteiger partial charge < -0.3 is 11.1 Å². The molecule has 1 aromatic carbocycles. The van der Waals surface area contributed by atoms with Crippen LogP contribution in [0.5, 0.6) is 0 Å². The van der Waals surface area contributed by atoms with Gasteiger partial charge in [0, 0.05) is 0 Å². The number of carbonyl (C=O) groups excluding carboxylic acids is 3. The van der Waals surface area contributed by atoms with Crippen LogP contribution in [0.2, 0.25) is 0 Å². The number of imide groups is 1. The van der Waals surface area contributed by atoms with Gasteiger partial charge in [0.15, 0.2) is 0 Å². The first-order valence-corrected chi connectivity index (χ1v) is 7.09. The summed E-state index contributed by atoms with van der Waals surface area (Å²) in [5.74, 6) is -1.73. The average molecular weight is 307 g/mol. The third kappa shape index (κ3) is 2.79. The van der Waals surface area contributed by atoms with Gasteiger partial charge in [-0.15, -0.1) is 0 Å². The van der Waals surface area contributed by atoms with Gasteiger partial charge in [-0.1, -0.05) is 31.9 Å². The predicted octanol–water partition coefficient (Wildman–Crippen LogP) is 1.25. The molecule has 2 rings (SSSR count). The molecular formula is C15H18FN3O3. The van der Waals surface area contributed by atoms with Crippen LogP contribution in [0.3, 0.4) is 0 Å². The van der Waals surface area contributed by atoms with Crippen LogP contribution >= 0.6 is 0 Å². The summed E-state index contributed by atoms with van der Waals surface area (Å²) in [7, 11) is 0. The lowest BCUT2D eigenvalue weighted by molar-refractivity contribution is -0.134. The van der Waals surface area contributed by atoms with Gasteiger partial charge in [0.1, 0.15) is 17.9 Å². The molecule has 118 valence electrons. The molecule has 1 aliphatic rings. The van der Waals surface area contributed by atoms with E-state index in [0.717, 1.165) is 11.3 Å². The summed E-state index contributed by atoms with van der Waals surface area (Å²) in [5.41, 5.74) is 4.31. The number of urea groups is 1. The van der Waals surface area contributed by atoms with E-state index in [2.05, 4.69) is 5.32 Å². The number of hydrogen-bond donors (Lipinski definition) is 2. The van der Waals surface area contributed by atoms with Crippen LogP contribution in [-0.4, -0.2) is 29.3 Å². The summed E-state index contributed by atoms with van der Waals surface area (Å²) >= 11 is 0. The minimum atomic E-state index is -1.27. The van der Waals surface area contributed by atoms with E-state index in [1.165, 1.54) is 24.3 Å². The summed E-state index contributed by atoms with van der Waals surface area (Å²) < 4.78 is 13.1. The second kappa shape index (κ2) is 6.13. The second-order valence-electron chi connectivity index (χ2n) is 5.30. The fourth-order valence-electron chi connectivity index (χ4n) is 2.61. The molecule has 22 heavy (non-hydrogen) atoms. The maximum Gasteiger partial charge on any atom is 0.325 e. The van der Waals surface area contributed by atoms with Gasteiger partial charge in [0.2, 0.25) is 5.91 Å². The number of nitrogens with one attached hydrogen (secondary N) is 1. The van der Waals surface area contributed by atoms with Gasteiger partial charge in [-0.2, -0.15) is 0 Å². The minimum Gasteiger partial charge on any atom is -0.368 e. The lowest BCUT2D eigenvalue weighted by Gasteiger charge is -2.27. The maximum absolute atomic E-state index is 13.1. The van der Waals surface area contributed by atoms with Gasteiger partial charge in [0.25, 0.3) is 5.91 Å². The van der Waals surface area contributed by atoms with E-state index in [1.807, 2.05) is 6.92 Å². The predicted molar refractivity (Wildman–Crippen MR) is 77.0 cm³/mol. The smallest absolute Gasteiger partial charge is 0.325 e. The van der Waals surface area contributed by atoms with E-state index in [-0.39, 0.29) is 0 Å². The Morgan fingerprint density at radius 2 is 1.95 bits per heavy atom. The Morgan fingerprint density at radius 1 is 1.32 bits per heavy atom. The molecule has 1 heterocycles. The van der Waals surface area contributed by atoms with E-state index < -0.39 is 35.7 Å². The summed E-state index contributed by atoms with van der Waals surface area (Å²) in [6, 6.07) is 4.75. The number of amides is 4. The van der Waals surface area contributed by atoms with Crippen molar-refractivity contribution in [2.75, 3.05) is 6.54 Å². The molecule has 1 saturated heterocycles. The number of unbranched alkanes of at least 4 members (excludes halogenated alkanes) is 1. The Balaban J connectivity index is 2.42. The molecule has 0 unspecified atom stereocenters. The highest BCUT2D eigenvalue weighted by Gasteiger charge is 2.52. The van der Waals surface area contributed by atoms with Gasteiger partial charge in [-0.25, -0.2) is 9.18 Å². The van der Waals surface area contributed by atoms with Crippen molar-refractivity contribution in [3.8, 4) is 0 Å². The van der Waals surface area contributed by atoms with Crippen molar-refractivity contribution >= 4 is 17.8 Å². The molecule has 7 heteroatoms. The number of rotatable bonds is 6. The molecule has 0 radical (unpaired) electrons. The molecule has 1 aromatic rings. The number of nitrogens with two attached hydrogens (primary N) is 1. The van der Waals surface area contributed by atoms with Crippen molar-refractivity contribution in [2.45, 2.75) is 31.7 Å². The standard InChI is InChI=1S/C15H18FN3O3/c1-2-3-8-15(10-4-6-11(16)7-5-10)13(21)19(9-12(17)20)14(22)18-15/h4-7H,2-3,8-9H2,1H3,(H2,17,20)(H,18,22)/t15-/m1/s1. The fourth-order valence-corrected chi connectivity index (χ4v) is 2.61.